The van der Waals surface area contributed by atoms with Crippen LogP contribution < -0.4 is 5.32 Å². The molecule has 1 N–H and O–H groups in total. The Balaban J connectivity index is 1.91. The number of methoxy groups -OCH3 is 1. The molecule has 0 aromatic carbocycles. The number of rotatable bonds is 5. The van der Waals surface area contributed by atoms with Gasteiger partial charge in [0.1, 0.15) is 0 Å². The average molecular weight is 171 g/mol. The molecule has 0 spiro atoms. The van der Waals surface area contributed by atoms with E-state index in [9.17, 15) is 0 Å². The molecule has 1 aliphatic rings. The van der Waals surface area contributed by atoms with Gasteiger partial charge in [0.25, 0.3) is 0 Å². The van der Waals surface area contributed by atoms with Gasteiger partial charge >= 0.3 is 0 Å². The van der Waals surface area contributed by atoms with Crippen LogP contribution >= 0.6 is 0 Å². The van der Waals surface area contributed by atoms with E-state index in [1.807, 2.05) is 0 Å². The zero-order valence-electron chi connectivity index (χ0n) is 8.14. The molecule has 0 radical (unpaired) electrons. The van der Waals surface area contributed by atoms with Gasteiger partial charge in [0.05, 0.1) is 6.73 Å². The predicted molar refractivity (Wildman–Crippen MR) is 51.1 cm³/mol. The second-order valence-electron chi connectivity index (χ2n) is 3.73. The van der Waals surface area contributed by atoms with Crippen molar-refractivity contribution in [3.8, 4) is 0 Å². The summed E-state index contributed by atoms with van der Waals surface area (Å²) in [5, 5.41) is 3.26. The van der Waals surface area contributed by atoms with Crippen LogP contribution in [0.25, 0.3) is 0 Å². The van der Waals surface area contributed by atoms with Crippen molar-refractivity contribution in [2.24, 2.45) is 5.92 Å². The normalized spacial score (nSPS) is 19.8. The molecule has 0 aromatic heterocycles. The number of hydrogen-bond acceptors (Lipinski definition) is 2. The monoisotopic (exact) mass is 171 g/mol. The van der Waals surface area contributed by atoms with Crippen LogP contribution in [-0.2, 0) is 4.74 Å². The van der Waals surface area contributed by atoms with Gasteiger partial charge in [-0.05, 0) is 18.9 Å². The van der Waals surface area contributed by atoms with E-state index in [1.165, 1.54) is 38.5 Å². The van der Waals surface area contributed by atoms with Gasteiger partial charge in [-0.1, -0.05) is 32.1 Å². The van der Waals surface area contributed by atoms with Gasteiger partial charge in [-0.3, -0.25) is 5.32 Å². The topological polar surface area (TPSA) is 21.3 Å². The largest absolute Gasteiger partial charge is 0.370 e. The Bertz CT molecular complexity index is 100. The average Bonchev–Trinajstić information content (AvgIpc) is 2.14. The summed E-state index contributed by atoms with van der Waals surface area (Å²) in [5.74, 6) is 0.989. The van der Waals surface area contributed by atoms with E-state index in [-0.39, 0.29) is 0 Å². The first-order chi connectivity index (χ1) is 5.93. The second-order valence-corrected chi connectivity index (χ2v) is 3.73. The summed E-state index contributed by atoms with van der Waals surface area (Å²) in [6, 6.07) is 0. The lowest BCUT2D eigenvalue weighted by Crippen LogP contribution is -2.21. The lowest BCUT2D eigenvalue weighted by Gasteiger charge is -2.21. The van der Waals surface area contributed by atoms with Gasteiger partial charge in [0.2, 0.25) is 0 Å². The van der Waals surface area contributed by atoms with E-state index < -0.39 is 0 Å². The van der Waals surface area contributed by atoms with Crippen LogP contribution in [-0.4, -0.2) is 20.4 Å². The minimum Gasteiger partial charge on any atom is -0.370 e. The van der Waals surface area contributed by atoms with Gasteiger partial charge in [0.15, 0.2) is 0 Å². The van der Waals surface area contributed by atoms with Crippen LogP contribution in [0, 0.1) is 5.92 Å². The van der Waals surface area contributed by atoms with E-state index in [0.29, 0.717) is 6.73 Å². The van der Waals surface area contributed by atoms with E-state index in [1.54, 1.807) is 7.11 Å². The summed E-state index contributed by atoms with van der Waals surface area (Å²) in [6.07, 6.45) is 8.61. The fourth-order valence-electron chi connectivity index (χ4n) is 1.96. The molecule has 1 saturated carbocycles. The van der Waals surface area contributed by atoms with Crippen molar-refractivity contribution >= 4 is 0 Å². The third-order valence-electron chi connectivity index (χ3n) is 2.70. The van der Waals surface area contributed by atoms with E-state index in [4.69, 9.17) is 4.74 Å². The van der Waals surface area contributed by atoms with Gasteiger partial charge in [-0.15, -0.1) is 0 Å². The third kappa shape index (κ3) is 4.07. The minimum atomic E-state index is 0.701. The molecule has 1 rings (SSSR count). The highest BCUT2D eigenvalue weighted by Gasteiger charge is 2.11. The first-order valence-electron chi connectivity index (χ1n) is 5.13. The van der Waals surface area contributed by atoms with Gasteiger partial charge in [0, 0.05) is 7.11 Å². The Morgan fingerprint density at radius 1 is 1.25 bits per heavy atom. The maximum atomic E-state index is 4.92. The van der Waals surface area contributed by atoms with E-state index in [2.05, 4.69) is 5.32 Å². The first kappa shape index (κ1) is 10.0. The van der Waals surface area contributed by atoms with Crippen LogP contribution in [0.2, 0.25) is 0 Å². The third-order valence-corrected chi connectivity index (χ3v) is 2.70. The molecule has 0 amide bonds. The number of hydrogen-bond donors (Lipinski definition) is 1. The number of ether oxygens (including phenoxy) is 1. The molecule has 0 aliphatic heterocycles. The molecule has 0 aromatic rings. The minimum absolute atomic E-state index is 0.701. The highest BCUT2D eigenvalue weighted by atomic mass is 16.5. The molecule has 0 heterocycles. The van der Waals surface area contributed by atoms with Gasteiger partial charge < -0.3 is 4.74 Å². The zero-order chi connectivity index (χ0) is 8.65. The van der Waals surface area contributed by atoms with Crippen LogP contribution in [0.3, 0.4) is 0 Å². The molecule has 2 nitrogen and oxygen atoms in total. The number of nitrogens with one attached hydrogen (secondary N) is 1. The fraction of sp³-hybridized carbons (Fsp3) is 1.00. The summed E-state index contributed by atoms with van der Waals surface area (Å²) >= 11 is 0. The van der Waals surface area contributed by atoms with Crippen molar-refractivity contribution in [1.82, 2.24) is 5.32 Å². The quantitative estimate of drug-likeness (QED) is 0.505. The van der Waals surface area contributed by atoms with E-state index in [0.717, 1.165) is 12.5 Å². The maximum absolute atomic E-state index is 4.92. The van der Waals surface area contributed by atoms with Crippen molar-refractivity contribution in [1.29, 1.82) is 0 Å². The second kappa shape index (κ2) is 6.44. The zero-order valence-corrected chi connectivity index (χ0v) is 8.14. The van der Waals surface area contributed by atoms with E-state index >= 15 is 0 Å². The highest BCUT2D eigenvalue weighted by molar-refractivity contribution is 4.66. The summed E-state index contributed by atoms with van der Waals surface area (Å²) < 4.78 is 4.92. The summed E-state index contributed by atoms with van der Waals surface area (Å²) in [4.78, 5) is 0. The lowest BCUT2D eigenvalue weighted by molar-refractivity contribution is 0.172. The van der Waals surface area contributed by atoms with Crippen molar-refractivity contribution in [2.45, 2.75) is 38.5 Å². The van der Waals surface area contributed by atoms with Crippen molar-refractivity contribution in [3.63, 3.8) is 0 Å². The summed E-state index contributed by atoms with van der Waals surface area (Å²) in [6.45, 7) is 1.82. The summed E-state index contributed by atoms with van der Waals surface area (Å²) in [7, 11) is 1.73. The molecule has 1 aliphatic carbocycles. The van der Waals surface area contributed by atoms with Gasteiger partial charge in [-0.2, -0.15) is 0 Å². The van der Waals surface area contributed by atoms with Gasteiger partial charge in [-0.25, -0.2) is 0 Å². The molecule has 12 heavy (non-hydrogen) atoms. The fourth-order valence-corrected chi connectivity index (χ4v) is 1.96. The van der Waals surface area contributed by atoms with Crippen molar-refractivity contribution in [3.05, 3.63) is 0 Å². The highest BCUT2D eigenvalue weighted by Crippen LogP contribution is 2.25. The van der Waals surface area contributed by atoms with Crippen LogP contribution in [0.15, 0.2) is 0 Å². The lowest BCUT2D eigenvalue weighted by atomic mass is 9.87. The summed E-state index contributed by atoms with van der Waals surface area (Å²) in [5.41, 5.74) is 0. The SMILES string of the molecule is COCNCCC1CCCCC1. The molecule has 0 bridgehead atoms. The smallest absolute Gasteiger partial charge is 0.0961 e. The first-order valence-corrected chi connectivity index (χ1v) is 5.13. The van der Waals surface area contributed by atoms with Crippen molar-refractivity contribution in [2.75, 3.05) is 20.4 Å². The Hall–Kier alpha value is -0.0800. The predicted octanol–water partition coefficient (Wildman–Crippen LogP) is 2.15. The Morgan fingerprint density at radius 2 is 2.00 bits per heavy atom. The maximum Gasteiger partial charge on any atom is 0.0961 e. The standard InChI is InChI=1S/C10H21NO/c1-12-9-11-8-7-10-5-3-2-4-6-10/h10-11H,2-9H2,1H3. The molecular weight excluding hydrogens is 150 g/mol. The molecule has 0 unspecified atom stereocenters. The Labute approximate surface area is 75.7 Å². The molecule has 0 atom stereocenters. The molecular formula is C10H21NO. The molecule has 72 valence electrons. The Morgan fingerprint density at radius 3 is 2.67 bits per heavy atom. The molecule has 0 saturated heterocycles. The van der Waals surface area contributed by atoms with Crippen LogP contribution in [0.1, 0.15) is 38.5 Å². The molecule has 1 fully saturated rings. The van der Waals surface area contributed by atoms with Crippen LogP contribution in [0.4, 0.5) is 0 Å². The Kier molecular flexibility index (Phi) is 5.37. The molecule has 2 heteroatoms. The van der Waals surface area contributed by atoms with Crippen LogP contribution in [0.5, 0.6) is 0 Å². The van der Waals surface area contributed by atoms with Crippen molar-refractivity contribution < 1.29 is 4.74 Å².